The topological polar surface area (TPSA) is 133 Å². The number of nitrogens with zero attached hydrogens (tertiary/aromatic N) is 2. The van der Waals surface area contributed by atoms with Gasteiger partial charge in [0.1, 0.15) is 5.82 Å². The van der Waals surface area contributed by atoms with Gasteiger partial charge < -0.3 is 10.9 Å². The maximum atomic E-state index is 12.2. The molecule has 20 heavy (non-hydrogen) atoms. The number of rotatable bonds is 4. The lowest BCUT2D eigenvalue weighted by atomic mass is 10.3. The normalized spacial score (nSPS) is 12.3. The fraction of sp³-hybridized carbons (Fsp3) is 0. The molecule has 2 aromatic rings. The average molecular weight is 316 g/mol. The summed E-state index contributed by atoms with van der Waals surface area (Å²) in [4.78, 5) is -0.0231. The highest BCUT2D eigenvalue weighted by molar-refractivity contribution is 7.92. The molecule has 0 radical (unpaired) electrons. The number of sulfonamides is 1. The number of hydrogen-bond acceptors (Lipinski definition) is 5. The molecule has 0 saturated carbocycles. The van der Waals surface area contributed by atoms with Crippen LogP contribution in [0.15, 0.2) is 40.5 Å². The first-order chi connectivity index (χ1) is 9.44. The largest absolute Gasteiger partial charge is 0.409 e. The van der Waals surface area contributed by atoms with Gasteiger partial charge in [-0.2, -0.15) is 5.10 Å². The SMILES string of the molecule is NC(=NO)c1cn[nH]c1NS(=O)(=O)c1cccc(Cl)c1. The summed E-state index contributed by atoms with van der Waals surface area (Å²) in [5.41, 5.74) is 5.53. The highest BCUT2D eigenvalue weighted by Crippen LogP contribution is 2.20. The number of nitrogens with one attached hydrogen (secondary N) is 2. The second-order valence-electron chi connectivity index (χ2n) is 3.71. The molecule has 0 aliphatic rings. The van der Waals surface area contributed by atoms with Crippen LogP contribution in [-0.2, 0) is 10.0 Å². The van der Waals surface area contributed by atoms with Crippen molar-refractivity contribution in [2.75, 3.05) is 4.72 Å². The minimum atomic E-state index is -3.87. The highest BCUT2D eigenvalue weighted by Gasteiger charge is 2.19. The van der Waals surface area contributed by atoms with E-state index in [1.165, 1.54) is 24.4 Å². The van der Waals surface area contributed by atoms with Gasteiger partial charge in [0.2, 0.25) is 0 Å². The van der Waals surface area contributed by atoms with Gasteiger partial charge in [0.05, 0.1) is 16.7 Å². The maximum absolute atomic E-state index is 12.2. The summed E-state index contributed by atoms with van der Waals surface area (Å²) in [5, 5.41) is 17.7. The molecule has 10 heteroatoms. The van der Waals surface area contributed by atoms with Crippen LogP contribution in [0.4, 0.5) is 5.82 Å². The lowest BCUT2D eigenvalue weighted by Crippen LogP contribution is -2.18. The average Bonchev–Trinajstić information content (AvgIpc) is 2.85. The fourth-order valence-electron chi connectivity index (χ4n) is 1.44. The number of H-pyrrole nitrogens is 1. The summed E-state index contributed by atoms with van der Waals surface area (Å²) in [6.45, 7) is 0. The Morgan fingerprint density at radius 3 is 2.90 bits per heavy atom. The molecule has 1 aromatic carbocycles. The number of nitrogens with two attached hydrogens (primary N) is 1. The van der Waals surface area contributed by atoms with E-state index in [1.54, 1.807) is 6.07 Å². The molecule has 0 unspecified atom stereocenters. The van der Waals surface area contributed by atoms with Crippen molar-refractivity contribution in [1.29, 1.82) is 0 Å². The van der Waals surface area contributed by atoms with Crippen molar-refractivity contribution in [2.24, 2.45) is 10.9 Å². The third-order valence-corrected chi connectivity index (χ3v) is 3.95. The number of oxime groups is 1. The quantitative estimate of drug-likeness (QED) is 0.288. The van der Waals surface area contributed by atoms with Gasteiger partial charge in [-0.15, -0.1) is 0 Å². The number of anilines is 1. The molecule has 0 saturated heterocycles. The van der Waals surface area contributed by atoms with Crippen LogP contribution in [0.5, 0.6) is 0 Å². The van der Waals surface area contributed by atoms with Crippen LogP contribution in [0.1, 0.15) is 5.56 Å². The van der Waals surface area contributed by atoms with Gasteiger partial charge in [-0.1, -0.05) is 22.8 Å². The number of benzene rings is 1. The minimum Gasteiger partial charge on any atom is -0.409 e. The number of hydrogen-bond donors (Lipinski definition) is 4. The first kappa shape index (κ1) is 14.2. The van der Waals surface area contributed by atoms with Gasteiger partial charge in [-0.05, 0) is 18.2 Å². The van der Waals surface area contributed by atoms with Crippen LogP contribution in [0.25, 0.3) is 0 Å². The molecule has 2 rings (SSSR count). The maximum Gasteiger partial charge on any atom is 0.263 e. The molecule has 0 spiro atoms. The molecule has 1 heterocycles. The summed E-state index contributed by atoms with van der Waals surface area (Å²) < 4.78 is 26.6. The van der Waals surface area contributed by atoms with Crippen molar-refractivity contribution < 1.29 is 13.6 Å². The van der Waals surface area contributed by atoms with E-state index >= 15 is 0 Å². The standard InChI is InChI=1S/C10H10ClN5O3S/c11-6-2-1-3-7(4-6)20(18,19)16-10-8(5-13-14-10)9(12)15-17/h1-5,17H,(H2,12,15)(H2,13,14,16). The van der Waals surface area contributed by atoms with Crippen LogP contribution in [0.3, 0.4) is 0 Å². The molecule has 0 aliphatic heterocycles. The predicted octanol–water partition coefficient (Wildman–Crippen LogP) is 0.958. The lowest BCUT2D eigenvalue weighted by Gasteiger charge is -2.07. The Labute approximate surface area is 119 Å². The van der Waals surface area contributed by atoms with Crippen LogP contribution >= 0.6 is 11.6 Å². The van der Waals surface area contributed by atoms with Crippen molar-refractivity contribution in [2.45, 2.75) is 4.90 Å². The molecular weight excluding hydrogens is 306 g/mol. The Morgan fingerprint density at radius 1 is 1.50 bits per heavy atom. The van der Waals surface area contributed by atoms with Gasteiger partial charge in [0, 0.05) is 5.02 Å². The van der Waals surface area contributed by atoms with Gasteiger partial charge in [0.25, 0.3) is 10.0 Å². The van der Waals surface area contributed by atoms with E-state index in [2.05, 4.69) is 20.1 Å². The number of amidine groups is 1. The monoisotopic (exact) mass is 315 g/mol. The fourth-order valence-corrected chi connectivity index (χ4v) is 2.78. The van der Waals surface area contributed by atoms with E-state index in [9.17, 15) is 8.42 Å². The van der Waals surface area contributed by atoms with Crippen molar-refractivity contribution in [3.05, 3.63) is 41.0 Å². The third-order valence-electron chi connectivity index (χ3n) is 2.37. The molecule has 5 N–H and O–H groups in total. The molecular formula is C10H10ClN5O3S. The van der Waals surface area contributed by atoms with Crippen molar-refractivity contribution >= 4 is 33.3 Å². The Hall–Kier alpha value is -2.26. The molecule has 0 bridgehead atoms. The number of aromatic nitrogens is 2. The van der Waals surface area contributed by atoms with Gasteiger partial charge >= 0.3 is 0 Å². The molecule has 1 aromatic heterocycles. The molecule has 8 nitrogen and oxygen atoms in total. The number of halogens is 1. The summed E-state index contributed by atoms with van der Waals surface area (Å²) in [5.74, 6) is -0.289. The van der Waals surface area contributed by atoms with Gasteiger partial charge in [-0.25, -0.2) is 8.42 Å². The minimum absolute atomic E-state index is 0.0136. The smallest absolute Gasteiger partial charge is 0.263 e. The predicted molar refractivity (Wildman–Crippen MR) is 73.4 cm³/mol. The Morgan fingerprint density at radius 2 is 2.25 bits per heavy atom. The van der Waals surface area contributed by atoms with Gasteiger partial charge in [0.15, 0.2) is 5.84 Å². The van der Waals surface area contributed by atoms with E-state index in [4.69, 9.17) is 22.5 Å². The second kappa shape index (κ2) is 5.39. The van der Waals surface area contributed by atoms with Crippen LogP contribution in [-0.4, -0.2) is 29.7 Å². The molecule has 0 atom stereocenters. The van der Waals surface area contributed by atoms with E-state index in [0.717, 1.165) is 0 Å². The summed E-state index contributed by atoms with van der Waals surface area (Å²) >= 11 is 5.75. The number of aromatic amines is 1. The van der Waals surface area contributed by atoms with Crippen LogP contribution in [0.2, 0.25) is 5.02 Å². The second-order valence-corrected chi connectivity index (χ2v) is 5.83. The van der Waals surface area contributed by atoms with Crippen molar-refractivity contribution in [3.63, 3.8) is 0 Å². The van der Waals surface area contributed by atoms with Crippen LogP contribution < -0.4 is 10.5 Å². The zero-order chi connectivity index (χ0) is 14.8. The molecule has 0 aliphatic carbocycles. The van der Waals surface area contributed by atoms with E-state index in [-0.39, 0.29) is 27.1 Å². The summed E-state index contributed by atoms with van der Waals surface area (Å²) in [6, 6.07) is 5.74. The Bertz CT molecular complexity index is 756. The zero-order valence-electron chi connectivity index (χ0n) is 9.91. The Balaban J connectivity index is 2.37. The molecule has 0 amide bonds. The zero-order valence-corrected chi connectivity index (χ0v) is 11.5. The summed E-state index contributed by atoms with van der Waals surface area (Å²) in [6.07, 6.45) is 1.23. The van der Waals surface area contributed by atoms with E-state index in [1.807, 2.05) is 0 Å². The first-order valence-corrected chi connectivity index (χ1v) is 7.10. The summed E-state index contributed by atoms with van der Waals surface area (Å²) in [7, 11) is -3.87. The van der Waals surface area contributed by atoms with Gasteiger partial charge in [-0.3, -0.25) is 9.82 Å². The van der Waals surface area contributed by atoms with Crippen molar-refractivity contribution in [1.82, 2.24) is 10.2 Å². The van der Waals surface area contributed by atoms with Crippen molar-refractivity contribution in [3.8, 4) is 0 Å². The van der Waals surface area contributed by atoms with E-state index < -0.39 is 10.0 Å². The van der Waals surface area contributed by atoms with Crippen LogP contribution in [0, 0.1) is 0 Å². The molecule has 106 valence electrons. The first-order valence-electron chi connectivity index (χ1n) is 5.23. The lowest BCUT2D eigenvalue weighted by molar-refractivity contribution is 0.318. The molecule has 0 fully saturated rings. The van der Waals surface area contributed by atoms with E-state index in [0.29, 0.717) is 0 Å². The Kier molecular flexibility index (Phi) is 3.81. The third kappa shape index (κ3) is 2.83. The highest BCUT2D eigenvalue weighted by atomic mass is 35.5.